The highest BCUT2D eigenvalue weighted by Crippen LogP contribution is 2.22. The van der Waals surface area contributed by atoms with E-state index in [1.54, 1.807) is 13.1 Å². The highest BCUT2D eigenvalue weighted by Gasteiger charge is 2.08. The molecule has 1 heterocycles. The summed E-state index contributed by atoms with van der Waals surface area (Å²) in [5.74, 6) is 0.434. The fraction of sp³-hybridized carbons (Fsp3) is 0.0909. The third kappa shape index (κ3) is 1.88. The van der Waals surface area contributed by atoms with E-state index in [4.69, 9.17) is 4.52 Å². The average Bonchev–Trinajstić information content (AvgIpc) is 2.78. The Morgan fingerprint density at radius 1 is 1.33 bits per heavy atom. The van der Waals surface area contributed by atoms with Crippen LogP contribution in [-0.2, 0) is 4.79 Å². The van der Waals surface area contributed by atoms with Gasteiger partial charge in [0.25, 0.3) is 0 Å². The van der Waals surface area contributed by atoms with Gasteiger partial charge in [-0.25, -0.2) is 0 Å². The maximum atomic E-state index is 10.5. The molecule has 0 N–H and O–H groups in total. The Hall–Kier alpha value is -2.10. The zero-order chi connectivity index (χ0) is 10.7. The first-order valence-electron chi connectivity index (χ1n) is 4.51. The van der Waals surface area contributed by atoms with Crippen LogP contribution in [0.5, 0.6) is 0 Å². The molecule has 0 aliphatic rings. The second kappa shape index (κ2) is 3.96. The number of hydrogen-bond acceptors (Lipinski definition) is 3. The lowest BCUT2D eigenvalue weighted by molar-refractivity contribution is -0.107. The van der Waals surface area contributed by atoms with Gasteiger partial charge in [0.1, 0.15) is 5.69 Å². The maximum Gasteiger partial charge on any atom is 0.233 e. The molecule has 0 bridgehead atoms. The molecule has 1 aromatic carbocycles. The van der Waals surface area contributed by atoms with Gasteiger partial charge in [-0.15, -0.1) is 0 Å². The van der Waals surface area contributed by atoms with Gasteiger partial charge in [0.05, 0.1) is 0 Å². The van der Waals surface area contributed by atoms with Crippen LogP contribution in [0.2, 0.25) is 0 Å². The van der Waals surface area contributed by atoms with Gasteiger partial charge >= 0.3 is 0 Å². The smallest absolute Gasteiger partial charge is 0.233 e. The molecule has 0 aliphatic heterocycles. The number of benzene rings is 1. The van der Waals surface area contributed by atoms with Gasteiger partial charge in [0.15, 0.2) is 0 Å². The summed E-state index contributed by atoms with van der Waals surface area (Å²) in [6.07, 6.45) is 0.676. The molecular weight excluding hydrogens is 192 g/mol. The number of carbonyl (C=O) groups is 1. The monoisotopic (exact) mass is 202 g/mol. The largest absolute Gasteiger partial charge is 0.338 e. The Labute approximate surface area is 87.1 Å². The summed E-state index contributed by atoms with van der Waals surface area (Å²) < 4.78 is 5.02. The molecule has 0 spiro atoms. The van der Waals surface area contributed by atoms with E-state index in [1.165, 1.54) is 4.90 Å². The van der Waals surface area contributed by atoms with Gasteiger partial charge in [-0.3, -0.25) is 9.69 Å². The first-order chi connectivity index (χ1) is 7.31. The standard InChI is InChI=1S/C11H10N2O2/c1-13(8-14)11-7-10(12-15-11)9-5-3-2-4-6-9/h2-8H,1H3. The zero-order valence-electron chi connectivity index (χ0n) is 8.25. The van der Waals surface area contributed by atoms with Crippen molar-refractivity contribution < 1.29 is 9.32 Å². The van der Waals surface area contributed by atoms with Crippen LogP contribution in [0.25, 0.3) is 11.3 Å². The quantitative estimate of drug-likeness (QED) is 0.714. The second-order valence-electron chi connectivity index (χ2n) is 3.13. The van der Waals surface area contributed by atoms with E-state index >= 15 is 0 Å². The number of amides is 1. The molecule has 0 unspecified atom stereocenters. The normalized spacial score (nSPS) is 9.93. The molecule has 15 heavy (non-hydrogen) atoms. The molecule has 0 saturated heterocycles. The number of aromatic nitrogens is 1. The molecule has 1 aromatic heterocycles. The summed E-state index contributed by atoms with van der Waals surface area (Å²) in [5, 5.41) is 3.88. The van der Waals surface area contributed by atoms with Crippen LogP contribution in [0.1, 0.15) is 0 Å². The molecule has 0 radical (unpaired) electrons. The summed E-state index contributed by atoms with van der Waals surface area (Å²) in [6.45, 7) is 0. The van der Waals surface area contributed by atoms with E-state index in [2.05, 4.69) is 5.16 Å². The lowest BCUT2D eigenvalue weighted by atomic mass is 10.1. The van der Waals surface area contributed by atoms with Gasteiger partial charge < -0.3 is 4.52 Å². The van der Waals surface area contributed by atoms with Crippen LogP contribution in [0.3, 0.4) is 0 Å². The van der Waals surface area contributed by atoms with Gasteiger partial charge in [0.2, 0.25) is 12.3 Å². The highest BCUT2D eigenvalue weighted by atomic mass is 16.5. The summed E-state index contributed by atoms with van der Waals surface area (Å²) >= 11 is 0. The zero-order valence-corrected chi connectivity index (χ0v) is 8.25. The summed E-state index contributed by atoms with van der Waals surface area (Å²) in [6, 6.07) is 11.4. The fourth-order valence-electron chi connectivity index (χ4n) is 1.23. The summed E-state index contributed by atoms with van der Waals surface area (Å²) in [4.78, 5) is 11.8. The molecule has 2 aromatic rings. The second-order valence-corrected chi connectivity index (χ2v) is 3.13. The van der Waals surface area contributed by atoms with Crippen LogP contribution >= 0.6 is 0 Å². The Morgan fingerprint density at radius 2 is 2.07 bits per heavy atom. The van der Waals surface area contributed by atoms with Crippen molar-refractivity contribution >= 4 is 12.3 Å². The van der Waals surface area contributed by atoms with E-state index in [9.17, 15) is 4.79 Å². The van der Waals surface area contributed by atoms with Crippen molar-refractivity contribution in [1.29, 1.82) is 0 Å². The van der Waals surface area contributed by atoms with Crippen molar-refractivity contribution in [2.45, 2.75) is 0 Å². The van der Waals surface area contributed by atoms with Crippen LogP contribution in [-0.4, -0.2) is 18.6 Å². The number of nitrogens with zero attached hydrogens (tertiary/aromatic N) is 2. The Morgan fingerprint density at radius 3 is 2.73 bits per heavy atom. The first kappa shape index (κ1) is 9.45. The minimum Gasteiger partial charge on any atom is -0.338 e. The van der Waals surface area contributed by atoms with Gasteiger partial charge in [-0.05, 0) is 0 Å². The number of anilines is 1. The van der Waals surface area contributed by atoms with Crippen molar-refractivity contribution in [3.8, 4) is 11.3 Å². The molecule has 76 valence electrons. The van der Waals surface area contributed by atoms with E-state index in [1.807, 2.05) is 30.3 Å². The highest BCUT2D eigenvalue weighted by molar-refractivity contribution is 5.73. The van der Waals surface area contributed by atoms with Crippen LogP contribution in [0.4, 0.5) is 5.88 Å². The average molecular weight is 202 g/mol. The Kier molecular flexibility index (Phi) is 2.49. The van der Waals surface area contributed by atoms with E-state index < -0.39 is 0 Å². The van der Waals surface area contributed by atoms with Crippen molar-refractivity contribution in [1.82, 2.24) is 5.16 Å². The predicted octanol–water partition coefficient (Wildman–Crippen LogP) is 1.93. The molecular formula is C11H10N2O2. The molecule has 0 fully saturated rings. The summed E-state index contributed by atoms with van der Waals surface area (Å²) in [5.41, 5.74) is 1.69. The number of carbonyl (C=O) groups excluding carboxylic acids is 1. The third-order valence-corrected chi connectivity index (χ3v) is 2.07. The Bertz CT molecular complexity index is 451. The lowest BCUT2D eigenvalue weighted by Gasteiger charge is -2.01. The van der Waals surface area contributed by atoms with Crippen molar-refractivity contribution in [3.63, 3.8) is 0 Å². The van der Waals surface area contributed by atoms with Crippen LogP contribution in [0, 0.1) is 0 Å². The molecule has 4 nitrogen and oxygen atoms in total. The van der Waals surface area contributed by atoms with E-state index in [0.717, 1.165) is 11.3 Å². The number of rotatable bonds is 3. The number of hydrogen-bond donors (Lipinski definition) is 0. The third-order valence-electron chi connectivity index (χ3n) is 2.07. The molecule has 4 heteroatoms. The van der Waals surface area contributed by atoms with Gasteiger partial charge in [-0.2, -0.15) is 0 Å². The summed E-state index contributed by atoms with van der Waals surface area (Å²) in [7, 11) is 1.61. The topological polar surface area (TPSA) is 46.3 Å². The van der Waals surface area contributed by atoms with E-state index in [-0.39, 0.29) is 0 Å². The molecule has 2 rings (SSSR count). The minimum atomic E-state index is 0.434. The molecule has 1 amide bonds. The Balaban J connectivity index is 2.32. The molecule has 0 atom stereocenters. The SMILES string of the molecule is CN(C=O)c1cc(-c2ccccc2)no1. The van der Waals surface area contributed by atoms with Gasteiger partial charge in [-0.1, -0.05) is 35.5 Å². The van der Waals surface area contributed by atoms with Crippen molar-refractivity contribution in [2.24, 2.45) is 0 Å². The maximum absolute atomic E-state index is 10.5. The van der Waals surface area contributed by atoms with Crippen LogP contribution in [0.15, 0.2) is 40.9 Å². The fourth-order valence-corrected chi connectivity index (χ4v) is 1.23. The van der Waals surface area contributed by atoms with Crippen molar-refractivity contribution in [2.75, 3.05) is 11.9 Å². The van der Waals surface area contributed by atoms with Gasteiger partial charge in [0, 0.05) is 18.7 Å². The lowest BCUT2D eigenvalue weighted by Crippen LogP contribution is -2.12. The minimum absolute atomic E-state index is 0.434. The van der Waals surface area contributed by atoms with Crippen LogP contribution < -0.4 is 4.90 Å². The van der Waals surface area contributed by atoms with E-state index in [0.29, 0.717) is 12.3 Å². The first-order valence-corrected chi connectivity index (χ1v) is 4.51. The molecule has 0 saturated carbocycles. The van der Waals surface area contributed by atoms with Crippen molar-refractivity contribution in [3.05, 3.63) is 36.4 Å². The molecule has 0 aliphatic carbocycles. The predicted molar refractivity (Wildman–Crippen MR) is 56.4 cm³/mol.